The SMILES string of the molecule is Cc1nnc(C(N)CO[Si](c2ccccc2)c2ccc(C(C)(C)C)cc2)o1.Cl. The molecule has 2 N–H and O–H groups in total. The predicted octanol–water partition coefficient (Wildman–Crippen LogP) is 2.92. The van der Waals surface area contributed by atoms with Crippen LogP contribution in [0, 0.1) is 6.92 Å². The molecule has 0 saturated carbocycles. The van der Waals surface area contributed by atoms with Crippen molar-refractivity contribution in [3.05, 3.63) is 71.9 Å². The maximum absolute atomic E-state index is 6.31. The molecule has 28 heavy (non-hydrogen) atoms. The van der Waals surface area contributed by atoms with Crippen molar-refractivity contribution >= 4 is 31.8 Å². The average Bonchev–Trinajstić information content (AvgIpc) is 3.09. The number of aryl methyl sites for hydroxylation is 1. The Balaban J connectivity index is 0.00000280. The van der Waals surface area contributed by atoms with Gasteiger partial charge in [-0.25, -0.2) is 0 Å². The zero-order chi connectivity index (χ0) is 19.4. The van der Waals surface area contributed by atoms with Gasteiger partial charge in [0.25, 0.3) is 9.04 Å². The van der Waals surface area contributed by atoms with Gasteiger partial charge in [-0.05, 0) is 21.4 Å². The van der Waals surface area contributed by atoms with Gasteiger partial charge in [0.1, 0.15) is 6.04 Å². The van der Waals surface area contributed by atoms with Crippen LogP contribution < -0.4 is 16.1 Å². The second kappa shape index (κ2) is 9.47. The highest BCUT2D eigenvalue weighted by atomic mass is 35.5. The first kappa shape index (κ1) is 22.3. The summed E-state index contributed by atoms with van der Waals surface area (Å²) in [6, 6.07) is 18.6. The number of hydrogen-bond donors (Lipinski definition) is 1. The maximum Gasteiger partial charge on any atom is 0.282 e. The summed E-state index contributed by atoms with van der Waals surface area (Å²) in [6.07, 6.45) is 0. The zero-order valence-electron chi connectivity index (χ0n) is 16.7. The van der Waals surface area contributed by atoms with Crippen LogP contribution in [-0.2, 0) is 9.84 Å². The number of hydrogen-bond acceptors (Lipinski definition) is 5. The van der Waals surface area contributed by atoms with Gasteiger partial charge < -0.3 is 14.6 Å². The summed E-state index contributed by atoms with van der Waals surface area (Å²) in [5, 5.41) is 10.2. The summed E-state index contributed by atoms with van der Waals surface area (Å²) >= 11 is 0. The maximum atomic E-state index is 6.31. The van der Waals surface area contributed by atoms with Gasteiger partial charge in [-0.3, -0.25) is 0 Å². The van der Waals surface area contributed by atoms with Crippen LogP contribution in [0.2, 0.25) is 0 Å². The van der Waals surface area contributed by atoms with Gasteiger partial charge >= 0.3 is 0 Å². The molecule has 3 aromatic rings. The van der Waals surface area contributed by atoms with E-state index < -0.39 is 15.1 Å². The fraction of sp³-hybridized carbons (Fsp3) is 0.333. The quantitative estimate of drug-likeness (QED) is 0.625. The second-order valence-corrected chi connectivity index (χ2v) is 9.70. The van der Waals surface area contributed by atoms with Crippen LogP contribution >= 0.6 is 12.4 Å². The fourth-order valence-corrected chi connectivity index (χ4v) is 4.73. The Hall–Kier alpha value is -1.99. The Morgan fingerprint density at radius 3 is 2.14 bits per heavy atom. The van der Waals surface area contributed by atoms with Crippen molar-refractivity contribution in [2.75, 3.05) is 6.61 Å². The Morgan fingerprint density at radius 2 is 1.61 bits per heavy atom. The van der Waals surface area contributed by atoms with Crippen LogP contribution in [0.25, 0.3) is 0 Å². The third-order valence-electron chi connectivity index (χ3n) is 4.32. The Labute approximate surface area is 174 Å². The van der Waals surface area contributed by atoms with E-state index in [-0.39, 0.29) is 17.8 Å². The van der Waals surface area contributed by atoms with Gasteiger partial charge in [-0.2, -0.15) is 0 Å². The molecule has 3 rings (SSSR count). The molecule has 0 spiro atoms. The highest BCUT2D eigenvalue weighted by Crippen LogP contribution is 2.20. The van der Waals surface area contributed by atoms with E-state index in [1.165, 1.54) is 15.9 Å². The van der Waals surface area contributed by atoms with Gasteiger partial charge in [-0.1, -0.05) is 75.4 Å². The van der Waals surface area contributed by atoms with Crippen molar-refractivity contribution in [1.29, 1.82) is 0 Å². The molecule has 1 unspecified atom stereocenters. The van der Waals surface area contributed by atoms with Crippen molar-refractivity contribution in [2.24, 2.45) is 5.73 Å². The summed E-state index contributed by atoms with van der Waals surface area (Å²) in [6.45, 7) is 8.72. The standard InChI is InChI=1S/C21H26N3O2Si.ClH/c1-15-23-24-20(26-15)19(22)14-25-27(17-8-6-5-7-9-17)18-12-10-16(11-13-18)21(2,3)4;/h5-13,19H,14,22H2,1-4H3;1H. The molecule has 0 bridgehead atoms. The van der Waals surface area contributed by atoms with Gasteiger partial charge in [0.2, 0.25) is 11.8 Å². The molecule has 0 amide bonds. The number of aromatic nitrogens is 2. The van der Waals surface area contributed by atoms with Crippen molar-refractivity contribution in [3.8, 4) is 0 Å². The predicted molar refractivity (Wildman–Crippen MR) is 116 cm³/mol. The molecule has 149 valence electrons. The lowest BCUT2D eigenvalue weighted by Gasteiger charge is -2.21. The van der Waals surface area contributed by atoms with E-state index in [4.69, 9.17) is 14.6 Å². The average molecular weight is 417 g/mol. The van der Waals surface area contributed by atoms with E-state index in [2.05, 4.69) is 67.4 Å². The summed E-state index contributed by atoms with van der Waals surface area (Å²) in [7, 11) is -1.43. The smallest absolute Gasteiger partial charge is 0.282 e. The minimum atomic E-state index is -1.43. The fourth-order valence-electron chi connectivity index (χ4n) is 2.75. The molecule has 0 saturated heterocycles. The Kier molecular flexibility index (Phi) is 7.54. The van der Waals surface area contributed by atoms with Crippen molar-refractivity contribution < 1.29 is 8.84 Å². The van der Waals surface area contributed by atoms with Crippen LogP contribution in [0.15, 0.2) is 59.0 Å². The van der Waals surface area contributed by atoms with E-state index in [9.17, 15) is 0 Å². The topological polar surface area (TPSA) is 74.2 Å². The summed E-state index contributed by atoms with van der Waals surface area (Å²) in [4.78, 5) is 0. The van der Waals surface area contributed by atoms with Gasteiger partial charge in [-0.15, -0.1) is 22.6 Å². The van der Waals surface area contributed by atoms with Crippen LogP contribution in [0.1, 0.15) is 44.2 Å². The normalized spacial score (nSPS) is 12.6. The van der Waals surface area contributed by atoms with E-state index in [1.54, 1.807) is 6.92 Å². The number of nitrogens with zero attached hydrogens (tertiary/aromatic N) is 2. The highest BCUT2D eigenvalue weighted by molar-refractivity contribution is 6.80. The van der Waals surface area contributed by atoms with Crippen molar-refractivity contribution in [3.63, 3.8) is 0 Å². The lowest BCUT2D eigenvalue weighted by Crippen LogP contribution is -2.46. The van der Waals surface area contributed by atoms with E-state index in [1.807, 2.05) is 18.2 Å². The van der Waals surface area contributed by atoms with Crippen molar-refractivity contribution in [1.82, 2.24) is 10.2 Å². The van der Waals surface area contributed by atoms with Crippen LogP contribution in [0.3, 0.4) is 0 Å². The van der Waals surface area contributed by atoms with Gasteiger partial charge in [0.15, 0.2) is 0 Å². The van der Waals surface area contributed by atoms with Crippen molar-refractivity contribution in [2.45, 2.75) is 39.2 Å². The molecule has 0 fully saturated rings. The zero-order valence-corrected chi connectivity index (χ0v) is 18.5. The molecule has 1 aromatic heterocycles. The number of halogens is 1. The summed E-state index contributed by atoms with van der Waals surface area (Å²) in [5.41, 5.74) is 7.62. The first-order valence-corrected chi connectivity index (χ1v) is 10.5. The Bertz CT molecular complexity index is 863. The monoisotopic (exact) mass is 416 g/mol. The first-order valence-electron chi connectivity index (χ1n) is 9.06. The lowest BCUT2D eigenvalue weighted by molar-refractivity contribution is 0.276. The molecular formula is C21H27ClN3O2Si. The molecule has 7 heteroatoms. The third-order valence-corrected chi connectivity index (χ3v) is 6.49. The third kappa shape index (κ3) is 5.51. The molecule has 1 atom stereocenters. The minimum absolute atomic E-state index is 0. The Morgan fingerprint density at radius 1 is 1.00 bits per heavy atom. The van der Waals surface area contributed by atoms with Gasteiger partial charge in [0.05, 0.1) is 6.61 Å². The molecule has 5 nitrogen and oxygen atoms in total. The largest absolute Gasteiger partial charge is 0.424 e. The highest BCUT2D eigenvalue weighted by Gasteiger charge is 2.23. The van der Waals surface area contributed by atoms with E-state index in [0.29, 0.717) is 18.4 Å². The number of rotatable bonds is 6. The van der Waals surface area contributed by atoms with E-state index in [0.717, 1.165) is 0 Å². The lowest BCUT2D eigenvalue weighted by atomic mass is 9.87. The molecule has 2 aromatic carbocycles. The first-order chi connectivity index (χ1) is 12.8. The summed E-state index contributed by atoms with van der Waals surface area (Å²) < 4.78 is 11.7. The number of nitrogens with two attached hydrogens (primary N) is 1. The van der Waals surface area contributed by atoms with E-state index >= 15 is 0 Å². The van der Waals surface area contributed by atoms with Crippen LogP contribution in [0.4, 0.5) is 0 Å². The van der Waals surface area contributed by atoms with Gasteiger partial charge in [0, 0.05) is 6.92 Å². The second-order valence-electron chi connectivity index (χ2n) is 7.60. The molecule has 1 radical (unpaired) electrons. The molecule has 0 aliphatic rings. The molecule has 0 aliphatic heterocycles. The molecular weight excluding hydrogens is 390 g/mol. The van der Waals surface area contributed by atoms with Crippen LogP contribution in [-0.4, -0.2) is 25.8 Å². The number of benzene rings is 2. The molecule has 0 aliphatic carbocycles. The molecule has 1 heterocycles. The van der Waals surface area contributed by atoms with Crippen LogP contribution in [0.5, 0.6) is 0 Å². The minimum Gasteiger partial charge on any atom is -0.424 e. The summed E-state index contributed by atoms with van der Waals surface area (Å²) in [5.74, 6) is 0.914.